The van der Waals surface area contributed by atoms with Gasteiger partial charge in [0.05, 0.1) is 6.10 Å². The molecule has 23 heavy (non-hydrogen) atoms. The zero-order valence-electron chi connectivity index (χ0n) is 13.3. The maximum Gasteiger partial charge on any atom is 0.124 e. The fourth-order valence-corrected chi connectivity index (χ4v) is 2.82. The molecular formula is C20H20ClNO. The Bertz CT molecular complexity index is 808. The number of nitrogens with one attached hydrogen (secondary N) is 1. The molecule has 0 amide bonds. The van der Waals surface area contributed by atoms with E-state index < -0.39 is 0 Å². The molecule has 118 valence electrons. The molecule has 0 aliphatic heterocycles. The lowest BCUT2D eigenvalue weighted by molar-refractivity contribution is 0.240. The number of anilines is 1. The molecule has 0 heterocycles. The number of ether oxygens (including phenoxy) is 1. The van der Waals surface area contributed by atoms with Gasteiger partial charge in [0, 0.05) is 28.2 Å². The maximum absolute atomic E-state index is 6.15. The van der Waals surface area contributed by atoms with Crippen LogP contribution in [0.1, 0.15) is 19.4 Å². The summed E-state index contributed by atoms with van der Waals surface area (Å²) in [6.45, 7) is 4.71. The molecule has 0 saturated carbocycles. The summed E-state index contributed by atoms with van der Waals surface area (Å²) in [5.41, 5.74) is 2.16. The first-order valence-electron chi connectivity index (χ1n) is 7.80. The molecule has 2 nitrogen and oxygen atoms in total. The molecule has 3 aromatic rings. The van der Waals surface area contributed by atoms with Crippen molar-refractivity contribution in [3.63, 3.8) is 0 Å². The summed E-state index contributed by atoms with van der Waals surface area (Å²) < 4.78 is 5.88. The molecular weight excluding hydrogens is 306 g/mol. The number of rotatable bonds is 5. The number of benzene rings is 3. The Hall–Kier alpha value is -2.19. The van der Waals surface area contributed by atoms with Gasteiger partial charge in [0.2, 0.25) is 0 Å². The molecule has 3 heteroatoms. The third-order valence-electron chi connectivity index (χ3n) is 3.64. The first-order chi connectivity index (χ1) is 11.1. The zero-order chi connectivity index (χ0) is 16.2. The Morgan fingerprint density at radius 1 is 1.00 bits per heavy atom. The van der Waals surface area contributed by atoms with Crippen LogP contribution in [0.3, 0.4) is 0 Å². The molecule has 0 spiro atoms. The average Bonchev–Trinajstić information content (AvgIpc) is 2.54. The molecule has 0 fully saturated rings. The second-order valence-electron chi connectivity index (χ2n) is 5.80. The number of halogens is 1. The minimum atomic E-state index is 0.132. The monoisotopic (exact) mass is 325 g/mol. The van der Waals surface area contributed by atoms with E-state index in [1.807, 2.05) is 32.0 Å². The molecule has 0 atom stereocenters. The summed E-state index contributed by atoms with van der Waals surface area (Å²) in [6, 6.07) is 20.4. The second-order valence-corrected chi connectivity index (χ2v) is 6.24. The van der Waals surface area contributed by atoms with Crippen LogP contribution in [-0.2, 0) is 6.54 Å². The van der Waals surface area contributed by atoms with Crippen molar-refractivity contribution in [2.24, 2.45) is 0 Å². The highest BCUT2D eigenvalue weighted by atomic mass is 35.5. The standard InChI is InChI=1S/C20H20ClNO/c1-14(2)23-20-11-10-17(21)12-16(20)13-22-19-9-5-7-15-6-3-4-8-18(15)19/h3-12,14,22H,13H2,1-2H3. The minimum Gasteiger partial charge on any atom is -0.491 e. The van der Waals surface area contributed by atoms with Gasteiger partial charge in [-0.25, -0.2) is 0 Å². The smallest absolute Gasteiger partial charge is 0.124 e. The minimum absolute atomic E-state index is 0.132. The Kier molecular flexibility index (Phi) is 4.73. The van der Waals surface area contributed by atoms with Crippen LogP contribution < -0.4 is 10.1 Å². The number of hydrogen-bond acceptors (Lipinski definition) is 2. The lowest BCUT2D eigenvalue weighted by atomic mass is 10.1. The lowest BCUT2D eigenvalue weighted by Gasteiger charge is -2.16. The highest BCUT2D eigenvalue weighted by molar-refractivity contribution is 6.30. The lowest BCUT2D eigenvalue weighted by Crippen LogP contribution is -2.09. The third kappa shape index (κ3) is 3.77. The third-order valence-corrected chi connectivity index (χ3v) is 3.88. The van der Waals surface area contributed by atoms with Gasteiger partial charge in [-0.2, -0.15) is 0 Å². The van der Waals surface area contributed by atoms with E-state index in [-0.39, 0.29) is 6.10 Å². The van der Waals surface area contributed by atoms with E-state index in [4.69, 9.17) is 16.3 Å². The normalized spacial score (nSPS) is 11.0. The summed E-state index contributed by atoms with van der Waals surface area (Å²) in [7, 11) is 0. The summed E-state index contributed by atoms with van der Waals surface area (Å²) in [5.74, 6) is 0.872. The van der Waals surface area contributed by atoms with E-state index >= 15 is 0 Å². The van der Waals surface area contributed by atoms with Gasteiger partial charge in [0.25, 0.3) is 0 Å². The van der Waals surface area contributed by atoms with E-state index in [0.29, 0.717) is 6.54 Å². The van der Waals surface area contributed by atoms with E-state index in [0.717, 1.165) is 22.0 Å². The molecule has 0 unspecified atom stereocenters. The van der Waals surface area contributed by atoms with Gasteiger partial charge in [-0.3, -0.25) is 0 Å². The van der Waals surface area contributed by atoms with Crippen LogP contribution in [-0.4, -0.2) is 6.10 Å². The van der Waals surface area contributed by atoms with Gasteiger partial charge in [-0.05, 0) is 43.5 Å². The average molecular weight is 326 g/mol. The predicted molar refractivity (Wildman–Crippen MR) is 98.5 cm³/mol. The summed E-state index contributed by atoms with van der Waals surface area (Å²) in [6.07, 6.45) is 0.132. The van der Waals surface area contributed by atoms with Crippen LogP contribution in [0.2, 0.25) is 5.02 Å². The Morgan fingerprint density at radius 3 is 2.61 bits per heavy atom. The van der Waals surface area contributed by atoms with Gasteiger partial charge >= 0.3 is 0 Å². The Morgan fingerprint density at radius 2 is 1.78 bits per heavy atom. The van der Waals surface area contributed by atoms with Gasteiger partial charge < -0.3 is 10.1 Å². The Balaban J connectivity index is 1.86. The van der Waals surface area contributed by atoms with E-state index in [9.17, 15) is 0 Å². The first kappa shape index (κ1) is 15.7. The van der Waals surface area contributed by atoms with Crippen molar-refractivity contribution < 1.29 is 4.74 Å². The van der Waals surface area contributed by atoms with Crippen molar-refractivity contribution in [1.29, 1.82) is 0 Å². The summed E-state index contributed by atoms with van der Waals surface area (Å²) in [5, 5.41) is 6.66. The molecule has 3 aromatic carbocycles. The van der Waals surface area contributed by atoms with Crippen LogP contribution in [0, 0.1) is 0 Å². The van der Waals surface area contributed by atoms with Gasteiger partial charge in [0.1, 0.15) is 5.75 Å². The number of hydrogen-bond donors (Lipinski definition) is 1. The Labute approximate surface area is 142 Å². The van der Waals surface area contributed by atoms with E-state index in [1.54, 1.807) is 0 Å². The fraction of sp³-hybridized carbons (Fsp3) is 0.200. The maximum atomic E-state index is 6.15. The quantitative estimate of drug-likeness (QED) is 0.631. The van der Waals surface area contributed by atoms with Crippen molar-refractivity contribution in [2.45, 2.75) is 26.5 Å². The highest BCUT2D eigenvalue weighted by Gasteiger charge is 2.08. The second kappa shape index (κ2) is 6.93. The molecule has 1 N–H and O–H groups in total. The highest BCUT2D eigenvalue weighted by Crippen LogP contribution is 2.27. The molecule has 0 radical (unpaired) electrons. The van der Waals surface area contributed by atoms with E-state index in [2.05, 4.69) is 47.8 Å². The van der Waals surface area contributed by atoms with Crippen LogP contribution >= 0.6 is 11.6 Å². The van der Waals surface area contributed by atoms with Crippen LogP contribution in [0.4, 0.5) is 5.69 Å². The molecule has 0 aliphatic carbocycles. The molecule has 0 aromatic heterocycles. The molecule has 0 aliphatic rings. The van der Waals surface area contributed by atoms with Crippen LogP contribution in [0.25, 0.3) is 10.8 Å². The largest absolute Gasteiger partial charge is 0.491 e. The van der Waals surface area contributed by atoms with Gasteiger partial charge in [0.15, 0.2) is 0 Å². The number of fused-ring (bicyclic) bond motifs is 1. The van der Waals surface area contributed by atoms with Crippen molar-refractivity contribution in [3.8, 4) is 5.75 Å². The summed E-state index contributed by atoms with van der Waals surface area (Å²) in [4.78, 5) is 0. The molecule has 0 saturated heterocycles. The van der Waals surface area contributed by atoms with Crippen LogP contribution in [0.5, 0.6) is 5.75 Å². The molecule has 3 rings (SSSR count). The fourth-order valence-electron chi connectivity index (χ4n) is 2.63. The van der Waals surface area contributed by atoms with Crippen LogP contribution in [0.15, 0.2) is 60.7 Å². The van der Waals surface area contributed by atoms with Crippen molar-refractivity contribution in [2.75, 3.05) is 5.32 Å². The van der Waals surface area contributed by atoms with Crippen molar-refractivity contribution >= 4 is 28.1 Å². The SMILES string of the molecule is CC(C)Oc1ccc(Cl)cc1CNc1cccc2ccccc12. The topological polar surface area (TPSA) is 21.3 Å². The van der Waals surface area contributed by atoms with Gasteiger partial charge in [-0.1, -0.05) is 48.0 Å². The van der Waals surface area contributed by atoms with Gasteiger partial charge in [-0.15, -0.1) is 0 Å². The molecule has 0 bridgehead atoms. The van der Waals surface area contributed by atoms with Crippen molar-refractivity contribution in [1.82, 2.24) is 0 Å². The first-order valence-corrected chi connectivity index (χ1v) is 8.18. The van der Waals surface area contributed by atoms with Crippen molar-refractivity contribution in [3.05, 3.63) is 71.2 Å². The van der Waals surface area contributed by atoms with E-state index in [1.165, 1.54) is 10.8 Å². The zero-order valence-corrected chi connectivity index (χ0v) is 14.1. The predicted octanol–water partition coefficient (Wildman–Crippen LogP) is 5.89. The summed E-state index contributed by atoms with van der Waals surface area (Å²) >= 11 is 6.15.